The van der Waals surface area contributed by atoms with Gasteiger partial charge in [0.05, 0.1) is 5.69 Å². The van der Waals surface area contributed by atoms with E-state index < -0.39 is 0 Å². The number of aromatic nitrogens is 2. The monoisotopic (exact) mass is 210 g/mol. The van der Waals surface area contributed by atoms with Gasteiger partial charge in [0.25, 0.3) is 0 Å². The molecule has 0 aliphatic heterocycles. The molecule has 1 rings (SSSR count). The van der Waals surface area contributed by atoms with Crippen LogP contribution in [-0.4, -0.2) is 41.8 Å². The summed E-state index contributed by atoms with van der Waals surface area (Å²) in [5.74, 6) is 0. The highest BCUT2D eigenvalue weighted by molar-refractivity contribution is 5.06. The van der Waals surface area contributed by atoms with Crippen molar-refractivity contribution in [3.05, 3.63) is 17.5 Å². The first-order valence-electron chi connectivity index (χ1n) is 5.62. The lowest BCUT2D eigenvalue weighted by Crippen LogP contribution is -2.29. The fourth-order valence-corrected chi connectivity index (χ4v) is 1.48. The van der Waals surface area contributed by atoms with Crippen LogP contribution < -0.4 is 5.32 Å². The van der Waals surface area contributed by atoms with Crippen LogP contribution in [0, 0.1) is 6.92 Å². The van der Waals surface area contributed by atoms with Crippen molar-refractivity contribution in [2.45, 2.75) is 26.8 Å². The van der Waals surface area contributed by atoms with Crippen molar-refractivity contribution in [3.63, 3.8) is 0 Å². The lowest BCUT2D eigenvalue weighted by molar-refractivity contribution is 0.320. The first kappa shape index (κ1) is 12.2. The van der Waals surface area contributed by atoms with E-state index in [0.717, 1.165) is 37.6 Å². The predicted molar refractivity (Wildman–Crippen MR) is 62.8 cm³/mol. The maximum absolute atomic E-state index is 4.21. The summed E-state index contributed by atoms with van der Waals surface area (Å²) in [4.78, 5) is 2.28. The van der Waals surface area contributed by atoms with Crippen LogP contribution >= 0.6 is 0 Å². The summed E-state index contributed by atoms with van der Waals surface area (Å²) >= 11 is 0. The zero-order valence-corrected chi connectivity index (χ0v) is 10.0. The standard InChI is InChI=1S/C11H22N4/c1-4-5-12-6-7-15(3)9-11-8-10(2)13-14-11/h8,12H,4-7,9H2,1-3H3,(H,13,14). The topological polar surface area (TPSA) is 44.0 Å². The van der Waals surface area contributed by atoms with Crippen LogP contribution in [0.5, 0.6) is 0 Å². The van der Waals surface area contributed by atoms with Crippen molar-refractivity contribution < 1.29 is 0 Å². The molecule has 0 aromatic carbocycles. The van der Waals surface area contributed by atoms with Gasteiger partial charge in [-0.1, -0.05) is 6.92 Å². The molecule has 15 heavy (non-hydrogen) atoms. The van der Waals surface area contributed by atoms with Crippen LogP contribution in [-0.2, 0) is 6.54 Å². The van der Waals surface area contributed by atoms with Crippen LogP contribution in [0.3, 0.4) is 0 Å². The molecule has 0 aliphatic rings. The molecular weight excluding hydrogens is 188 g/mol. The Balaban J connectivity index is 2.15. The van der Waals surface area contributed by atoms with E-state index >= 15 is 0 Å². The first-order valence-corrected chi connectivity index (χ1v) is 5.62. The van der Waals surface area contributed by atoms with Crippen LogP contribution in [0.4, 0.5) is 0 Å². The number of H-pyrrole nitrogens is 1. The molecule has 2 N–H and O–H groups in total. The third-order valence-electron chi connectivity index (χ3n) is 2.29. The molecule has 4 heteroatoms. The molecule has 0 amide bonds. The van der Waals surface area contributed by atoms with Crippen molar-refractivity contribution >= 4 is 0 Å². The maximum Gasteiger partial charge on any atom is 0.0764 e. The Morgan fingerprint density at radius 1 is 1.47 bits per heavy atom. The van der Waals surface area contributed by atoms with E-state index in [0.29, 0.717) is 0 Å². The van der Waals surface area contributed by atoms with Crippen molar-refractivity contribution in [2.24, 2.45) is 0 Å². The molecule has 0 fully saturated rings. The molecule has 0 aliphatic carbocycles. The Kier molecular flexibility index (Phi) is 5.36. The molecule has 0 bridgehead atoms. The van der Waals surface area contributed by atoms with Crippen LogP contribution in [0.15, 0.2) is 6.07 Å². The van der Waals surface area contributed by atoms with Gasteiger partial charge in [-0.15, -0.1) is 0 Å². The minimum atomic E-state index is 0.915. The summed E-state index contributed by atoms with van der Waals surface area (Å²) in [5.41, 5.74) is 2.24. The molecule has 0 unspecified atom stereocenters. The molecule has 0 saturated heterocycles. The SMILES string of the molecule is CCCNCCN(C)Cc1cc(C)[nH]n1. The number of nitrogens with zero attached hydrogens (tertiary/aromatic N) is 2. The van der Waals surface area contributed by atoms with Gasteiger partial charge in [-0.25, -0.2) is 0 Å². The fourth-order valence-electron chi connectivity index (χ4n) is 1.48. The maximum atomic E-state index is 4.21. The van der Waals surface area contributed by atoms with E-state index in [9.17, 15) is 0 Å². The van der Waals surface area contributed by atoms with E-state index in [2.05, 4.69) is 40.5 Å². The van der Waals surface area contributed by atoms with Crippen LogP contribution in [0.2, 0.25) is 0 Å². The molecule has 0 radical (unpaired) electrons. The Bertz CT molecular complexity index is 269. The lowest BCUT2D eigenvalue weighted by Gasteiger charge is -2.15. The third kappa shape index (κ3) is 4.95. The molecule has 4 nitrogen and oxygen atoms in total. The van der Waals surface area contributed by atoms with Gasteiger partial charge in [0, 0.05) is 25.3 Å². The molecule has 0 spiro atoms. The van der Waals surface area contributed by atoms with Gasteiger partial charge in [-0.2, -0.15) is 5.10 Å². The van der Waals surface area contributed by atoms with Crippen LogP contribution in [0.25, 0.3) is 0 Å². The second kappa shape index (κ2) is 6.58. The first-order chi connectivity index (χ1) is 7.22. The Morgan fingerprint density at radius 2 is 2.27 bits per heavy atom. The number of hydrogen-bond acceptors (Lipinski definition) is 3. The number of aromatic amines is 1. The normalized spacial score (nSPS) is 11.2. The molecule has 1 aromatic heterocycles. The highest BCUT2D eigenvalue weighted by atomic mass is 15.2. The van der Waals surface area contributed by atoms with Gasteiger partial charge < -0.3 is 5.32 Å². The molecule has 0 atom stereocenters. The summed E-state index contributed by atoms with van der Waals surface area (Å²) in [6.45, 7) is 8.34. The average Bonchev–Trinajstić information content (AvgIpc) is 2.59. The highest BCUT2D eigenvalue weighted by Gasteiger charge is 2.02. The Morgan fingerprint density at radius 3 is 2.87 bits per heavy atom. The predicted octanol–water partition coefficient (Wildman–Crippen LogP) is 1.15. The zero-order valence-electron chi connectivity index (χ0n) is 10.0. The van der Waals surface area contributed by atoms with Crippen LogP contribution in [0.1, 0.15) is 24.7 Å². The molecular formula is C11H22N4. The molecule has 86 valence electrons. The van der Waals surface area contributed by atoms with E-state index in [1.54, 1.807) is 0 Å². The van der Waals surface area contributed by atoms with E-state index in [4.69, 9.17) is 0 Å². The Labute approximate surface area is 92.1 Å². The van der Waals surface area contributed by atoms with Gasteiger partial charge in [0.15, 0.2) is 0 Å². The third-order valence-corrected chi connectivity index (χ3v) is 2.29. The highest BCUT2D eigenvalue weighted by Crippen LogP contribution is 2.00. The van der Waals surface area contributed by atoms with E-state index in [-0.39, 0.29) is 0 Å². The fraction of sp³-hybridized carbons (Fsp3) is 0.727. The largest absolute Gasteiger partial charge is 0.315 e. The Hall–Kier alpha value is -0.870. The smallest absolute Gasteiger partial charge is 0.0764 e. The van der Waals surface area contributed by atoms with Crippen molar-refractivity contribution in [1.29, 1.82) is 0 Å². The van der Waals surface area contributed by atoms with Crippen molar-refractivity contribution in [1.82, 2.24) is 20.4 Å². The summed E-state index contributed by atoms with van der Waals surface area (Å²) in [6, 6.07) is 2.09. The minimum Gasteiger partial charge on any atom is -0.315 e. The summed E-state index contributed by atoms with van der Waals surface area (Å²) in [5, 5.41) is 10.6. The number of likely N-dealkylation sites (N-methyl/N-ethyl adjacent to an activating group) is 1. The van der Waals surface area contributed by atoms with E-state index in [1.165, 1.54) is 6.42 Å². The van der Waals surface area contributed by atoms with E-state index in [1.807, 2.05) is 6.92 Å². The van der Waals surface area contributed by atoms with Crippen molar-refractivity contribution in [3.8, 4) is 0 Å². The number of aryl methyl sites for hydroxylation is 1. The number of hydrogen-bond donors (Lipinski definition) is 2. The number of rotatable bonds is 7. The van der Waals surface area contributed by atoms with Gasteiger partial charge in [0.1, 0.15) is 0 Å². The van der Waals surface area contributed by atoms with Gasteiger partial charge in [0.2, 0.25) is 0 Å². The lowest BCUT2D eigenvalue weighted by atomic mass is 10.3. The summed E-state index contributed by atoms with van der Waals surface area (Å²) in [7, 11) is 2.12. The molecule has 1 aromatic rings. The second-order valence-electron chi connectivity index (χ2n) is 4.03. The van der Waals surface area contributed by atoms with Crippen molar-refractivity contribution in [2.75, 3.05) is 26.7 Å². The second-order valence-corrected chi connectivity index (χ2v) is 4.03. The quantitative estimate of drug-likeness (QED) is 0.664. The average molecular weight is 210 g/mol. The minimum absolute atomic E-state index is 0.915. The van der Waals surface area contributed by atoms with Gasteiger partial charge in [-0.3, -0.25) is 10.00 Å². The number of nitrogens with one attached hydrogen (secondary N) is 2. The molecule has 1 heterocycles. The van der Waals surface area contributed by atoms with Gasteiger partial charge >= 0.3 is 0 Å². The zero-order chi connectivity index (χ0) is 11.1. The summed E-state index contributed by atoms with van der Waals surface area (Å²) < 4.78 is 0. The summed E-state index contributed by atoms with van der Waals surface area (Å²) in [6.07, 6.45) is 1.20. The van der Waals surface area contributed by atoms with Gasteiger partial charge in [-0.05, 0) is 33.0 Å². The molecule has 0 saturated carbocycles.